The lowest BCUT2D eigenvalue weighted by Gasteiger charge is -2.12. The van der Waals surface area contributed by atoms with E-state index in [9.17, 15) is 4.79 Å². The minimum Gasteiger partial charge on any atom is -0.385 e. The van der Waals surface area contributed by atoms with E-state index in [2.05, 4.69) is 10.3 Å². The third-order valence-electron chi connectivity index (χ3n) is 2.66. The Morgan fingerprint density at radius 3 is 2.60 bits per heavy atom. The molecule has 0 radical (unpaired) electrons. The molecule has 1 aliphatic heterocycles. The van der Waals surface area contributed by atoms with E-state index in [0.717, 1.165) is 5.56 Å². The molecule has 0 aliphatic carbocycles. The number of amidine groups is 1. The molecule has 2 amide bonds. The van der Waals surface area contributed by atoms with Crippen molar-refractivity contribution >= 4 is 11.9 Å². The smallest absolute Gasteiger partial charge is 0.343 e. The molecule has 1 heterocycles. The van der Waals surface area contributed by atoms with Crippen LogP contribution in [0.4, 0.5) is 4.79 Å². The summed E-state index contributed by atoms with van der Waals surface area (Å²) in [4.78, 5) is 14.7. The van der Waals surface area contributed by atoms with Gasteiger partial charge in [0.1, 0.15) is 11.9 Å². The van der Waals surface area contributed by atoms with E-state index < -0.39 is 0 Å². The summed E-state index contributed by atoms with van der Waals surface area (Å²) in [7, 11) is 0. The Balaban J connectivity index is 2.35. The minimum absolute atomic E-state index is 0.267. The van der Waals surface area contributed by atoms with Crippen molar-refractivity contribution in [3.05, 3.63) is 34.9 Å². The largest absolute Gasteiger partial charge is 0.385 e. The van der Waals surface area contributed by atoms with Crippen LogP contribution in [0.3, 0.4) is 0 Å². The van der Waals surface area contributed by atoms with E-state index in [1.807, 2.05) is 32.0 Å². The summed E-state index contributed by atoms with van der Waals surface area (Å²) in [5.74, 6) is 0.336. The normalized spacial score (nSPS) is 20.0. The first-order valence-electron chi connectivity index (χ1n) is 4.79. The first kappa shape index (κ1) is 9.71. The fraction of sp³-hybridized carbons (Fsp3) is 0.273. The number of rotatable bonds is 1. The minimum atomic E-state index is -0.365. The van der Waals surface area contributed by atoms with Gasteiger partial charge in [-0.25, -0.2) is 4.79 Å². The van der Waals surface area contributed by atoms with Crippen molar-refractivity contribution in [3.63, 3.8) is 0 Å². The van der Waals surface area contributed by atoms with Crippen molar-refractivity contribution in [1.82, 2.24) is 5.32 Å². The van der Waals surface area contributed by atoms with Crippen LogP contribution < -0.4 is 11.1 Å². The van der Waals surface area contributed by atoms with Gasteiger partial charge in [0.15, 0.2) is 0 Å². The molecule has 1 aromatic rings. The molecule has 1 aromatic carbocycles. The Labute approximate surface area is 88.2 Å². The highest BCUT2D eigenvalue weighted by Crippen LogP contribution is 2.20. The van der Waals surface area contributed by atoms with Gasteiger partial charge in [-0.3, -0.25) is 0 Å². The third kappa shape index (κ3) is 1.70. The highest BCUT2D eigenvalue weighted by molar-refractivity contribution is 6.03. The second-order valence-corrected chi connectivity index (χ2v) is 3.76. The number of nitrogens with zero attached hydrogens (tertiary/aromatic N) is 1. The summed E-state index contributed by atoms with van der Waals surface area (Å²) < 4.78 is 0. The number of benzene rings is 1. The number of hydrogen-bond acceptors (Lipinski definition) is 2. The van der Waals surface area contributed by atoms with Crippen molar-refractivity contribution in [2.45, 2.75) is 19.9 Å². The van der Waals surface area contributed by atoms with Gasteiger partial charge in [0, 0.05) is 0 Å². The molecule has 1 atom stereocenters. The summed E-state index contributed by atoms with van der Waals surface area (Å²) in [5.41, 5.74) is 9.04. The average molecular weight is 203 g/mol. The average Bonchev–Trinajstić information content (AvgIpc) is 2.50. The van der Waals surface area contributed by atoms with E-state index in [1.54, 1.807) is 0 Å². The highest BCUT2D eigenvalue weighted by Gasteiger charge is 2.24. The van der Waals surface area contributed by atoms with Gasteiger partial charge in [0.2, 0.25) is 0 Å². The van der Waals surface area contributed by atoms with Crippen molar-refractivity contribution in [1.29, 1.82) is 0 Å². The second kappa shape index (κ2) is 3.38. The van der Waals surface area contributed by atoms with Gasteiger partial charge in [-0.1, -0.05) is 18.2 Å². The fourth-order valence-corrected chi connectivity index (χ4v) is 1.61. The standard InChI is InChI=1S/C11H13N3O/c1-6-3-4-8(5-7(6)2)9-10(12)14-11(15)13-9/h3-5,9H,1-2H3,(H3,12,13,14,15). The molecule has 1 aliphatic rings. The molecule has 0 fully saturated rings. The molecular formula is C11H13N3O. The van der Waals surface area contributed by atoms with Crippen LogP contribution in [0.25, 0.3) is 0 Å². The summed E-state index contributed by atoms with van der Waals surface area (Å²) >= 11 is 0. The number of carbonyl (C=O) groups excluding carboxylic acids is 1. The Hall–Kier alpha value is -1.84. The van der Waals surface area contributed by atoms with Crippen LogP contribution in [-0.2, 0) is 0 Å². The lowest BCUT2D eigenvalue weighted by molar-refractivity contribution is 0.250. The molecule has 0 spiro atoms. The summed E-state index contributed by atoms with van der Waals surface area (Å²) in [6.45, 7) is 4.08. The van der Waals surface area contributed by atoms with Crippen LogP contribution in [0.15, 0.2) is 23.2 Å². The summed E-state index contributed by atoms with van der Waals surface area (Å²) in [5, 5.41) is 2.70. The SMILES string of the molecule is Cc1ccc(C2NC(=O)N=C2N)cc1C. The van der Waals surface area contributed by atoms with Crippen LogP contribution in [0, 0.1) is 13.8 Å². The van der Waals surface area contributed by atoms with Crippen LogP contribution in [0.1, 0.15) is 22.7 Å². The molecule has 4 heteroatoms. The monoisotopic (exact) mass is 203 g/mol. The zero-order valence-electron chi connectivity index (χ0n) is 8.74. The Morgan fingerprint density at radius 2 is 2.07 bits per heavy atom. The van der Waals surface area contributed by atoms with Gasteiger partial charge in [-0.2, -0.15) is 4.99 Å². The van der Waals surface area contributed by atoms with E-state index in [0.29, 0.717) is 5.84 Å². The number of amides is 2. The Morgan fingerprint density at radius 1 is 1.33 bits per heavy atom. The topological polar surface area (TPSA) is 67.5 Å². The molecule has 0 aromatic heterocycles. The van der Waals surface area contributed by atoms with Gasteiger partial charge < -0.3 is 11.1 Å². The molecule has 15 heavy (non-hydrogen) atoms. The Kier molecular flexibility index (Phi) is 2.19. The zero-order chi connectivity index (χ0) is 11.0. The molecule has 4 nitrogen and oxygen atoms in total. The molecule has 0 saturated carbocycles. The molecule has 78 valence electrons. The second-order valence-electron chi connectivity index (χ2n) is 3.76. The highest BCUT2D eigenvalue weighted by atomic mass is 16.2. The van der Waals surface area contributed by atoms with Gasteiger partial charge in [0.05, 0.1) is 0 Å². The van der Waals surface area contributed by atoms with Gasteiger partial charge in [-0.15, -0.1) is 0 Å². The number of aliphatic imine (C=N–C) groups is 1. The summed E-state index contributed by atoms with van der Waals surface area (Å²) in [6, 6.07) is 5.37. The van der Waals surface area contributed by atoms with Crippen molar-refractivity contribution in [2.75, 3.05) is 0 Å². The molecule has 2 rings (SSSR count). The molecule has 3 N–H and O–H groups in total. The number of aryl methyl sites for hydroxylation is 2. The fourth-order valence-electron chi connectivity index (χ4n) is 1.61. The molecule has 0 bridgehead atoms. The predicted molar refractivity (Wildman–Crippen MR) is 58.8 cm³/mol. The van der Waals surface area contributed by atoms with Crippen LogP contribution in [-0.4, -0.2) is 11.9 Å². The van der Waals surface area contributed by atoms with E-state index in [1.165, 1.54) is 11.1 Å². The molecule has 1 unspecified atom stereocenters. The lowest BCUT2D eigenvalue weighted by Crippen LogP contribution is -2.27. The van der Waals surface area contributed by atoms with Gasteiger partial charge >= 0.3 is 6.03 Å². The van der Waals surface area contributed by atoms with Crippen molar-refractivity contribution < 1.29 is 4.79 Å². The number of nitrogens with two attached hydrogens (primary N) is 1. The molecular weight excluding hydrogens is 190 g/mol. The number of hydrogen-bond donors (Lipinski definition) is 2. The Bertz CT molecular complexity index is 451. The zero-order valence-corrected chi connectivity index (χ0v) is 8.74. The first-order valence-corrected chi connectivity index (χ1v) is 4.79. The van der Waals surface area contributed by atoms with Crippen LogP contribution in [0.2, 0.25) is 0 Å². The van der Waals surface area contributed by atoms with E-state index >= 15 is 0 Å². The van der Waals surface area contributed by atoms with E-state index in [-0.39, 0.29) is 12.1 Å². The van der Waals surface area contributed by atoms with Crippen LogP contribution in [0.5, 0.6) is 0 Å². The van der Waals surface area contributed by atoms with Crippen molar-refractivity contribution in [3.8, 4) is 0 Å². The molecule has 0 saturated heterocycles. The first-order chi connectivity index (χ1) is 7.08. The quantitative estimate of drug-likeness (QED) is 0.725. The maximum Gasteiger partial charge on any atom is 0.343 e. The van der Waals surface area contributed by atoms with E-state index in [4.69, 9.17) is 5.73 Å². The number of urea groups is 1. The van der Waals surface area contributed by atoms with Gasteiger partial charge in [-0.05, 0) is 30.5 Å². The predicted octanol–water partition coefficient (Wildman–Crippen LogP) is 1.42. The van der Waals surface area contributed by atoms with Crippen LogP contribution >= 0.6 is 0 Å². The lowest BCUT2D eigenvalue weighted by atomic mass is 10.0. The number of nitrogens with one attached hydrogen (secondary N) is 1. The number of carbonyl (C=O) groups is 1. The summed E-state index contributed by atoms with van der Waals surface area (Å²) in [6.07, 6.45) is 0. The maximum absolute atomic E-state index is 11.0. The van der Waals surface area contributed by atoms with Gasteiger partial charge in [0.25, 0.3) is 0 Å². The third-order valence-corrected chi connectivity index (χ3v) is 2.66. The van der Waals surface area contributed by atoms with Crippen molar-refractivity contribution in [2.24, 2.45) is 10.7 Å². The maximum atomic E-state index is 11.0.